The molecule has 0 aromatic heterocycles. The molecule has 2 saturated carbocycles. The fourth-order valence-electron chi connectivity index (χ4n) is 9.16. The normalized spacial score (nSPS) is 55.0. The molecule has 6 aliphatic rings. The molecule has 3 heteroatoms. The molecule has 3 nitrogen and oxygen atoms in total. The monoisotopic (exact) mass is 411 g/mol. The van der Waals surface area contributed by atoms with Gasteiger partial charge >= 0.3 is 0 Å². The van der Waals surface area contributed by atoms with Crippen LogP contribution < -0.4 is 5.32 Å². The molecule has 0 amide bonds. The maximum Gasteiger partial charge on any atom is 0.0937 e. The van der Waals surface area contributed by atoms with Gasteiger partial charge in [-0.25, -0.2) is 0 Å². The van der Waals surface area contributed by atoms with E-state index in [9.17, 15) is 5.11 Å². The van der Waals surface area contributed by atoms with E-state index in [1.54, 1.807) is 16.7 Å². The first-order valence-electron chi connectivity index (χ1n) is 12.8. The van der Waals surface area contributed by atoms with Gasteiger partial charge in [-0.1, -0.05) is 38.0 Å². The summed E-state index contributed by atoms with van der Waals surface area (Å²) >= 11 is 0. The number of hydrogen-bond donors (Lipinski definition) is 2. The zero-order valence-electron chi connectivity index (χ0n) is 19.4. The lowest BCUT2D eigenvalue weighted by atomic mass is 9.56. The number of aliphatic hydroxyl groups is 1. The average Bonchev–Trinajstić information content (AvgIpc) is 3.23. The Bertz CT molecular complexity index is 801. The number of allylic oxidation sites excluding steroid dienone is 2. The Morgan fingerprint density at radius 3 is 2.83 bits per heavy atom. The van der Waals surface area contributed by atoms with Crippen molar-refractivity contribution in [2.75, 3.05) is 6.54 Å². The maximum absolute atomic E-state index is 10.2. The quantitative estimate of drug-likeness (QED) is 0.551. The van der Waals surface area contributed by atoms with Crippen LogP contribution in [0.3, 0.4) is 0 Å². The van der Waals surface area contributed by atoms with Crippen LogP contribution in [0.15, 0.2) is 22.8 Å². The second kappa shape index (κ2) is 6.68. The predicted octanol–water partition coefficient (Wildman–Crippen LogP) is 5.00. The van der Waals surface area contributed by atoms with Gasteiger partial charge in [0.25, 0.3) is 0 Å². The van der Waals surface area contributed by atoms with Gasteiger partial charge in [-0.2, -0.15) is 0 Å². The minimum absolute atomic E-state index is 0.0198. The van der Waals surface area contributed by atoms with Crippen LogP contribution in [0, 0.1) is 35.0 Å². The van der Waals surface area contributed by atoms with Crippen molar-refractivity contribution in [3.05, 3.63) is 22.8 Å². The Labute approximate surface area is 182 Å². The molecule has 166 valence electrons. The summed E-state index contributed by atoms with van der Waals surface area (Å²) in [6, 6.07) is 0.531. The van der Waals surface area contributed by atoms with Crippen molar-refractivity contribution in [2.45, 2.75) is 103 Å². The summed E-state index contributed by atoms with van der Waals surface area (Å²) in [6.45, 7) is 10.9. The van der Waals surface area contributed by atoms with E-state index in [2.05, 4.69) is 39.1 Å². The SMILES string of the molecule is CC1=C2C[C@H]3[C@@H](CCC4=CC(O)CC[C@@]43C)[C@@H]2CC[C@]12O[C@@H]1C[C@H](C)CN[C@H]1[C@H]2C. The van der Waals surface area contributed by atoms with Gasteiger partial charge in [0.2, 0.25) is 0 Å². The topological polar surface area (TPSA) is 41.5 Å². The first kappa shape index (κ1) is 20.0. The first-order chi connectivity index (χ1) is 14.3. The molecule has 0 radical (unpaired) electrons. The highest BCUT2D eigenvalue weighted by Crippen LogP contribution is 2.65. The minimum Gasteiger partial charge on any atom is -0.389 e. The van der Waals surface area contributed by atoms with E-state index in [0.717, 1.165) is 36.6 Å². The lowest BCUT2D eigenvalue weighted by molar-refractivity contribution is -0.0552. The summed E-state index contributed by atoms with van der Waals surface area (Å²) in [4.78, 5) is 0. The number of fused-ring (bicyclic) bond motifs is 6. The second-order valence-corrected chi connectivity index (χ2v) is 12.1. The van der Waals surface area contributed by atoms with Gasteiger partial charge in [-0.15, -0.1) is 0 Å². The summed E-state index contributed by atoms with van der Waals surface area (Å²) in [5.41, 5.74) is 5.27. The van der Waals surface area contributed by atoms with Crippen LogP contribution >= 0.6 is 0 Å². The number of rotatable bonds is 0. The number of hydrogen-bond acceptors (Lipinski definition) is 3. The van der Waals surface area contributed by atoms with Gasteiger partial charge in [0.1, 0.15) is 0 Å². The van der Waals surface area contributed by atoms with Crippen molar-refractivity contribution >= 4 is 0 Å². The molecule has 10 atom stereocenters. The lowest BCUT2D eigenvalue weighted by Gasteiger charge is -2.49. The van der Waals surface area contributed by atoms with E-state index in [1.165, 1.54) is 44.9 Å². The zero-order chi connectivity index (χ0) is 20.8. The molecule has 0 bridgehead atoms. The van der Waals surface area contributed by atoms with Crippen LogP contribution in [0.2, 0.25) is 0 Å². The second-order valence-electron chi connectivity index (χ2n) is 12.1. The standard InChI is InChI=1S/C27H41NO2/c1-15-11-24-25(28-14-15)17(3)27(30-24)10-8-20-21-6-5-18-12-19(29)7-9-26(18,4)23(21)13-22(20)16(27)2/h12,15,17,19-21,23-25,28-29H,5-11,13-14H2,1-4H3/t15-,17+,19?,20-,21-,23-,24+,25-,26-,27-/m0/s1. The molecule has 6 rings (SSSR count). The summed E-state index contributed by atoms with van der Waals surface area (Å²) < 4.78 is 7.03. The molecule has 1 spiro atoms. The maximum atomic E-state index is 10.2. The predicted molar refractivity (Wildman–Crippen MR) is 120 cm³/mol. The third-order valence-corrected chi connectivity index (χ3v) is 10.9. The molecular formula is C27H41NO2. The van der Waals surface area contributed by atoms with E-state index < -0.39 is 0 Å². The van der Waals surface area contributed by atoms with Gasteiger partial charge in [-0.3, -0.25) is 0 Å². The van der Waals surface area contributed by atoms with Crippen molar-refractivity contribution < 1.29 is 9.84 Å². The van der Waals surface area contributed by atoms with Crippen LogP contribution in [0.25, 0.3) is 0 Å². The van der Waals surface area contributed by atoms with Crippen molar-refractivity contribution in [3.63, 3.8) is 0 Å². The van der Waals surface area contributed by atoms with Crippen LogP contribution in [0.4, 0.5) is 0 Å². The van der Waals surface area contributed by atoms with Crippen molar-refractivity contribution in [3.8, 4) is 0 Å². The van der Waals surface area contributed by atoms with Crippen molar-refractivity contribution in [2.24, 2.45) is 35.0 Å². The number of piperidine rings is 1. The van der Waals surface area contributed by atoms with Crippen LogP contribution in [-0.2, 0) is 4.74 Å². The van der Waals surface area contributed by atoms with Crippen molar-refractivity contribution in [1.29, 1.82) is 0 Å². The molecule has 1 unspecified atom stereocenters. The molecule has 0 aromatic carbocycles. The third-order valence-electron chi connectivity index (χ3n) is 10.9. The lowest BCUT2D eigenvalue weighted by Crippen LogP contribution is -2.49. The summed E-state index contributed by atoms with van der Waals surface area (Å²) in [6.07, 6.45) is 12.1. The highest BCUT2D eigenvalue weighted by Gasteiger charge is 2.60. The molecule has 30 heavy (non-hydrogen) atoms. The van der Waals surface area contributed by atoms with Gasteiger partial charge in [-0.05, 0) is 99.5 Å². The van der Waals surface area contributed by atoms with E-state index in [1.807, 2.05) is 0 Å². The molecule has 0 aromatic rings. The molecule has 2 saturated heterocycles. The van der Waals surface area contributed by atoms with Crippen LogP contribution in [-0.4, -0.2) is 35.5 Å². The van der Waals surface area contributed by atoms with E-state index in [4.69, 9.17) is 4.74 Å². The van der Waals surface area contributed by atoms with Crippen LogP contribution in [0.5, 0.6) is 0 Å². The van der Waals surface area contributed by atoms with Crippen LogP contribution in [0.1, 0.15) is 79.1 Å². The third kappa shape index (κ3) is 2.55. The van der Waals surface area contributed by atoms with Gasteiger partial charge in [0.05, 0.1) is 17.8 Å². The Kier molecular flexibility index (Phi) is 4.46. The molecule has 4 aliphatic carbocycles. The smallest absolute Gasteiger partial charge is 0.0937 e. The zero-order valence-corrected chi connectivity index (χ0v) is 19.4. The Balaban J connectivity index is 1.35. The van der Waals surface area contributed by atoms with Gasteiger partial charge < -0.3 is 15.2 Å². The van der Waals surface area contributed by atoms with E-state index >= 15 is 0 Å². The molecule has 4 fully saturated rings. The van der Waals surface area contributed by atoms with E-state index in [-0.39, 0.29) is 11.7 Å². The molecule has 2 aliphatic heterocycles. The fraction of sp³-hybridized carbons (Fsp3) is 0.852. The summed E-state index contributed by atoms with van der Waals surface area (Å²) in [5.74, 6) is 3.70. The summed E-state index contributed by atoms with van der Waals surface area (Å²) in [5, 5.41) is 14.1. The Morgan fingerprint density at radius 2 is 2.00 bits per heavy atom. The first-order valence-corrected chi connectivity index (χ1v) is 12.8. The number of ether oxygens (including phenoxy) is 1. The van der Waals surface area contributed by atoms with Gasteiger partial charge in [0, 0.05) is 12.0 Å². The molecule has 2 N–H and O–H groups in total. The Hall–Kier alpha value is -0.640. The number of nitrogens with one attached hydrogen (secondary N) is 1. The van der Waals surface area contributed by atoms with Crippen molar-refractivity contribution in [1.82, 2.24) is 5.32 Å². The highest BCUT2D eigenvalue weighted by atomic mass is 16.5. The number of aliphatic hydroxyl groups excluding tert-OH is 1. The summed E-state index contributed by atoms with van der Waals surface area (Å²) in [7, 11) is 0. The Morgan fingerprint density at radius 1 is 1.17 bits per heavy atom. The highest BCUT2D eigenvalue weighted by molar-refractivity contribution is 5.38. The molecular weight excluding hydrogens is 370 g/mol. The average molecular weight is 412 g/mol. The largest absolute Gasteiger partial charge is 0.389 e. The fourth-order valence-corrected chi connectivity index (χ4v) is 9.16. The molecule has 2 heterocycles. The van der Waals surface area contributed by atoms with E-state index in [0.29, 0.717) is 23.5 Å². The minimum atomic E-state index is -0.205. The van der Waals surface area contributed by atoms with Gasteiger partial charge in [0.15, 0.2) is 0 Å².